The summed E-state index contributed by atoms with van der Waals surface area (Å²) < 4.78 is 8.30. The van der Waals surface area contributed by atoms with E-state index in [0.29, 0.717) is 12.4 Å². The Hall–Kier alpha value is -1.66. The monoisotopic (exact) mass is 320 g/mol. The zero-order valence-electron chi connectivity index (χ0n) is 10.6. The molecule has 0 unspecified atom stereocenters. The molecule has 19 heavy (non-hydrogen) atoms. The molecule has 5 nitrogen and oxygen atoms in total. The van der Waals surface area contributed by atoms with E-state index in [1.807, 2.05) is 36.9 Å². The Morgan fingerprint density at radius 2 is 2.21 bits per heavy atom. The Balaban J connectivity index is 2.21. The number of aromatic nitrogens is 3. The van der Waals surface area contributed by atoms with E-state index < -0.39 is 0 Å². The molecule has 0 spiro atoms. The average Bonchev–Trinajstić information content (AvgIpc) is 2.87. The lowest BCUT2D eigenvalue weighted by Gasteiger charge is -2.02. The zero-order chi connectivity index (χ0) is 13.6. The van der Waals surface area contributed by atoms with Crippen molar-refractivity contribution in [2.45, 2.75) is 13.5 Å². The molecule has 0 saturated carbocycles. The van der Waals surface area contributed by atoms with E-state index in [1.54, 1.807) is 0 Å². The second kappa shape index (κ2) is 4.47. The van der Waals surface area contributed by atoms with E-state index in [-0.39, 0.29) is 0 Å². The highest BCUT2D eigenvalue weighted by atomic mass is 79.9. The first-order valence-corrected chi connectivity index (χ1v) is 6.68. The van der Waals surface area contributed by atoms with Crippen LogP contribution in [0.4, 0.5) is 0 Å². The first-order valence-electron chi connectivity index (χ1n) is 5.89. The summed E-state index contributed by atoms with van der Waals surface area (Å²) in [6.07, 6.45) is 0. The summed E-state index contributed by atoms with van der Waals surface area (Å²) in [4.78, 5) is 4.29. The van der Waals surface area contributed by atoms with Crippen LogP contribution >= 0.6 is 15.9 Å². The van der Waals surface area contributed by atoms with Gasteiger partial charge in [0.2, 0.25) is 0 Å². The quantitative estimate of drug-likeness (QED) is 0.788. The number of oxazole rings is 1. The van der Waals surface area contributed by atoms with E-state index in [2.05, 4.69) is 26.0 Å². The molecule has 0 fully saturated rings. The van der Waals surface area contributed by atoms with Crippen LogP contribution in [-0.4, -0.2) is 14.8 Å². The van der Waals surface area contributed by atoms with Crippen LogP contribution < -0.4 is 5.73 Å². The van der Waals surface area contributed by atoms with Crippen LogP contribution in [0.25, 0.3) is 22.4 Å². The molecule has 0 amide bonds. The minimum absolute atomic E-state index is 0.401. The Morgan fingerprint density at radius 1 is 1.42 bits per heavy atom. The summed E-state index contributed by atoms with van der Waals surface area (Å²) in [7, 11) is 1.90. The van der Waals surface area contributed by atoms with E-state index in [1.165, 1.54) is 0 Å². The maximum atomic E-state index is 5.67. The number of rotatable bonds is 2. The number of hydrogen-bond donors (Lipinski definition) is 1. The Kier molecular flexibility index (Phi) is 2.91. The minimum Gasteiger partial charge on any atom is -0.441 e. The number of benzene rings is 1. The molecule has 98 valence electrons. The highest BCUT2D eigenvalue weighted by molar-refractivity contribution is 9.10. The van der Waals surface area contributed by atoms with Gasteiger partial charge in [0.25, 0.3) is 0 Å². The van der Waals surface area contributed by atoms with Gasteiger partial charge < -0.3 is 10.2 Å². The summed E-state index contributed by atoms with van der Waals surface area (Å²) in [6.45, 7) is 2.24. The van der Waals surface area contributed by atoms with Gasteiger partial charge in [0, 0.05) is 26.1 Å². The zero-order valence-corrected chi connectivity index (χ0v) is 12.2. The number of fused-ring (bicyclic) bond motifs is 1. The molecule has 2 heterocycles. The van der Waals surface area contributed by atoms with Crippen molar-refractivity contribution in [3.05, 3.63) is 34.3 Å². The van der Waals surface area contributed by atoms with Gasteiger partial charge >= 0.3 is 0 Å². The third kappa shape index (κ3) is 1.97. The molecular weight excluding hydrogens is 308 g/mol. The standard InChI is InChI=1S/C13H13BrN4O/c1-7-16-9-4-3-8(5-11(9)19-7)13-12(14)10(6-15)17-18(13)2/h3-5H,6,15H2,1-2H3. The van der Waals surface area contributed by atoms with Gasteiger partial charge in [0.15, 0.2) is 11.5 Å². The largest absolute Gasteiger partial charge is 0.441 e. The first-order chi connectivity index (χ1) is 9.10. The van der Waals surface area contributed by atoms with E-state index >= 15 is 0 Å². The number of nitrogens with two attached hydrogens (primary N) is 1. The summed E-state index contributed by atoms with van der Waals surface area (Å²) in [6, 6.07) is 5.92. The first kappa shape index (κ1) is 12.4. The van der Waals surface area contributed by atoms with Crippen molar-refractivity contribution in [2.75, 3.05) is 0 Å². The normalized spacial score (nSPS) is 11.4. The van der Waals surface area contributed by atoms with Crippen LogP contribution in [0.2, 0.25) is 0 Å². The van der Waals surface area contributed by atoms with Gasteiger partial charge in [0.05, 0.1) is 15.9 Å². The highest BCUT2D eigenvalue weighted by Gasteiger charge is 2.15. The van der Waals surface area contributed by atoms with Crippen LogP contribution in [0.1, 0.15) is 11.6 Å². The third-order valence-electron chi connectivity index (χ3n) is 3.02. The van der Waals surface area contributed by atoms with E-state index in [4.69, 9.17) is 10.2 Å². The molecule has 6 heteroatoms. The number of aryl methyl sites for hydroxylation is 2. The number of halogens is 1. The Bertz CT molecular complexity index is 759. The second-order valence-corrected chi connectivity index (χ2v) is 5.15. The molecule has 0 radical (unpaired) electrons. The van der Waals surface area contributed by atoms with Crippen molar-refractivity contribution in [3.8, 4) is 11.3 Å². The molecule has 0 atom stereocenters. The molecule has 0 bridgehead atoms. The van der Waals surface area contributed by atoms with Gasteiger partial charge in [-0.3, -0.25) is 4.68 Å². The fraction of sp³-hybridized carbons (Fsp3) is 0.231. The lowest BCUT2D eigenvalue weighted by Crippen LogP contribution is -1.99. The Labute approximate surface area is 118 Å². The van der Waals surface area contributed by atoms with Gasteiger partial charge in [-0.25, -0.2) is 4.98 Å². The van der Waals surface area contributed by atoms with E-state index in [0.717, 1.165) is 32.5 Å². The van der Waals surface area contributed by atoms with Gasteiger partial charge in [-0.15, -0.1) is 0 Å². The van der Waals surface area contributed by atoms with Gasteiger partial charge in [-0.1, -0.05) is 6.07 Å². The minimum atomic E-state index is 0.401. The van der Waals surface area contributed by atoms with Crippen LogP contribution in [0.3, 0.4) is 0 Å². The number of hydrogen-bond acceptors (Lipinski definition) is 4. The maximum absolute atomic E-state index is 5.67. The predicted molar refractivity (Wildman–Crippen MR) is 76.5 cm³/mol. The molecule has 0 aliphatic rings. The van der Waals surface area contributed by atoms with Crippen molar-refractivity contribution in [1.82, 2.24) is 14.8 Å². The van der Waals surface area contributed by atoms with Crippen molar-refractivity contribution in [3.63, 3.8) is 0 Å². The summed E-state index contributed by atoms with van der Waals surface area (Å²) in [5.74, 6) is 0.666. The fourth-order valence-electron chi connectivity index (χ4n) is 2.18. The van der Waals surface area contributed by atoms with Crippen molar-refractivity contribution < 1.29 is 4.42 Å². The van der Waals surface area contributed by atoms with Gasteiger partial charge in [-0.2, -0.15) is 5.10 Å². The summed E-state index contributed by atoms with van der Waals surface area (Å²) in [5.41, 5.74) is 10.1. The van der Waals surface area contributed by atoms with Crippen LogP contribution in [0.15, 0.2) is 27.1 Å². The topological polar surface area (TPSA) is 69.9 Å². The molecule has 1 aromatic carbocycles. The lowest BCUT2D eigenvalue weighted by atomic mass is 10.1. The second-order valence-electron chi connectivity index (χ2n) is 4.35. The molecule has 3 rings (SSSR count). The van der Waals surface area contributed by atoms with Crippen LogP contribution in [0.5, 0.6) is 0 Å². The highest BCUT2D eigenvalue weighted by Crippen LogP contribution is 2.32. The average molecular weight is 321 g/mol. The van der Waals surface area contributed by atoms with Crippen molar-refractivity contribution in [1.29, 1.82) is 0 Å². The molecule has 0 saturated heterocycles. The number of nitrogens with zero attached hydrogens (tertiary/aromatic N) is 3. The van der Waals surface area contributed by atoms with Gasteiger partial charge in [0.1, 0.15) is 5.52 Å². The fourth-order valence-corrected chi connectivity index (χ4v) is 2.91. The third-order valence-corrected chi connectivity index (χ3v) is 3.85. The van der Waals surface area contributed by atoms with E-state index in [9.17, 15) is 0 Å². The molecule has 0 aliphatic carbocycles. The van der Waals surface area contributed by atoms with Crippen molar-refractivity contribution in [2.24, 2.45) is 12.8 Å². The molecule has 3 aromatic rings. The SMILES string of the molecule is Cc1nc2ccc(-c3c(Br)c(CN)nn3C)cc2o1. The van der Waals surface area contributed by atoms with Crippen molar-refractivity contribution >= 4 is 27.0 Å². The maximum Gasteiger partial charge on any atom is 0.192 e. The van der Waals surface area contributed by atoms with Gasteiger partial charge in [-0.05, 0) is 28.1 Å². The molecule has 0 aliphatic heterocycles. The molecular formula is C13H13BrN4O. The van der Waals surface area contributed by atoms with Crippen LogP contribution in [0, 0.1) is 6.92 Å². The lowest BCUT2D eigenvalue weighted by molar-refractivity contribution is 0.561. The van der Waals surface area contributed by atoms with Crippen LogP contribution in [-0.2, 0) is 13.6 Å². The smallest absolute Gasteiger partial charge is 0.192 e. The molecule has 2 N–H and O–H groups in total. The molecule has 2 aromatic heterocycles. The predicted octanol–water partition coefficient (Wildman–Crippen LogP) is 2.76. The summed E-state index contributed by atoms with van der Waals surface area (Å²) in [5, 5.41) is 4.39. The Morgan fingerprint density at radius 3 is 2.89 bits per heavy atom. The summed E-state index contributed by atoms with van der Waals surface area (Å²) >= 11 is 3.56.